The molecule has 5 rings (SSSR count). The second kappa shape index (κ2) is 10.8. The molecule has 2 aromatic rings. The fourth-order valence-corrected chi connectivity index (χ4v) is 6.60. The maximum Gasteiger partial charge on any atom is 0.423 e. The molecule has 1 aliphatic carbocycles. The number of hydrogen-bond acceptors (Lipinski definition) is 6. The lowest BCUT2D eigenvalue weighted by atomic mass is 9.69. The average Bonchev–Trinajstić information content (AvgIpc) is 3.47. The molecule has 0 spiro atoms. The monoisotopic (exact) mass is 529 g/mol. The maximum atomic E-state index is 13.2. The summed E-state index contributed by atoms with van der Waals surface area (Å²) in [6.07, 6.45) is 3.81. The molecule has 7 heteroatoms. The van der Waals surface area contributed by atoms with Gasteiger partial charge in [0.15, 0.2) is 0 Å². The number of benzene rings is 2. The molecule has 1 N–H and O–H groups in total. The highest BCUT2D eigenvalue weighted by Crippen LogP contribution is 2.50. The fraction of sp³-hybridized carbons (Fsp3) is 0.406. The second-order valence-corrected chi connectivity index (χ2v) is 10.7. The Balaban J connectivity index is 1.43. The van der Waals surface area contributed by atoms with Crippen LogP contribution in [0.1, 0.15) is 54.9 Å². The Hall–Kier alpha value is -3.71. The Morgan fingerprint density at radius 2 is 1.79 bits per heavy atom. The van der Waals surface area contributed by atoms with Gasteiger partial charge in [0.1, 0.15) is 5.75 Å². The van der Waals surface area contributed by atoms with Crippen LogP contribution in [0.25, 0.3) is 11.6 Å². The molecule has 39 heavy (non-hydrogen) atoms. The summed E-state index contributed by atoms with van der Waals surface area (Å²) >= 11 is 0. The molecule has 4 atom stereocenters. The maximum absolute atomic E-state index is 13.2. The third-order valence-corrected chi connectivity index (χ3v) is 8.47. The first-order chi connectivity index (χ1) is 18.7. The van der Waals surface area contributed by atoms with E-state index < -0.39 is 29.7 Å². The normalized spacial score (nSPS) is 24.7. The zero-order valence-electron chi connectivity index (χ0n) is 22.9. The largest absolute Gasteiger partial charge is 0.507 e. The zero-order valence-corrected chi connectivity index (χ0v) is 22.9. The lowest BCUT2D eigenvalue weighted by Gasteiger charge is -2.31. The van der Waals surface area contributed by atoms with Crippen molar-refractivity contribution in [2.45, 2.75) is 52.6 Å². The van der Waals surface area contributed by atoms with E-state index in [0.717, 1.165) is 58.2 Å². The van der Waals surface area contributed by atoms with Crippen LogP contribution >= 0.6 is 0 Å². The Morgan fingerprint density at radius 1 is 1.10 bits per heavy atom. The highest BCUT2D eigenvalue weighted by Gasteiger charge is 2.58. The minimum absolute atomic E-state index is 0.156. The smallest absolute Gasteiger partial charge is 0.423 e. The second-order valence-electron chi connectivity index (χ2n) is 10.7. The van der Waals surface area contributed by atoms with E-state index in [-0.39, 0.29) is 12.0 Å². The number of phenols is 1. The van der Waals surface area contributed by atoms with Gasteiger partial charge in [-0.2, -0.15) is 4.90 Å². The van der Waals surface area contributed by atoms with E-state index in [4.69, 9.17) is 9.47 Å². The van der Waals surface area contributed by atoms with Gasteiger partial charge in [-0.05, 0) is 85.1 Å². The Kier molecular flexibility index (Phi) is 7.45. The zero-order chi connectivity index (χ0) is 27.8. The molecule has 7 nitrogen and oxygen atoms in total. The first kappa shape index (κ1) is 26.9. The molecule has 2 aliphatic heterocycles. The van der Waals surface area contributed by atoms with Gasteiger partial charge >= 0.3 is 6.09 Å². The van der Waals surface area contributed by atoms with Gasteiger partial charge in [-0.25, -0.2) is 4.79 Å². The van der Waals surface area contributed by atoms with Gasteiger partial charge in [0.25, 0.3) is 0 Å². The number of fused-ring (bicyclic) bond motifs is 3. The number of ether oxygens (including phenoxy) is 2. The summed E-state index contributed by atoms with van der Waals surface area (Å²) in [6.45, 7) is 6.23. The lowest BCUT2D eigenvalue weighted by Crippen LogP contribution is -2.38. The van der Waals surface area contributed by atoms with Crippen LogP contribution in [0.3, 0.4) is 0 Å². The summed E-state index contributed by atoms with van der Waals surface area (Å²) < 4.78 is 11.0. The summed E-state index contributed by atoms with van der Waals surface area (Å²) in [4.78, 5) is 39.1. The van der Waals surface area contributed by atoms with Crippen molar-refractivity contribution in [3.63, 3.8) is 0 Å². The third-order valence-electron chi connectivity index (χ3n) is 8.47. The van der Waals surface area contributed by atoms with Gasteiger partial charge in [0, 0.05) is 5.92 Å². The van der Waals surface area contributed by atoms with E-state index in [1.165, 1.54) is 7.11 Å². The molecular formula is C32H35NO6. The van der Waals surface area contributed by atoms with Crippen LogP contribution in [0.2, 0.25) is 0 Å². The fourth-order valence-electron chi connectivity index (χ4n) is 6.60. The van der Waals surface area contributed by atoms with Crippen LogP contribution in [-0.4, -0.2) is 47.7 Å². The molecule has 2 saturated heterocycles. The number of phenolic OH excluding ortho intramolecular Hbond substituents is 1. The van der Waals surface area contributed by atoms with Gasteiger partial charge in [-0.15, -0.1) is 0 Å². The van der Waals surface area contributed by atoms with Gasteiger partial charge in [0.05, 0.1) is 31.7 Å². The number of amides is 3. The van der Waals surface area contributed by atoms with Crippen molar-refractivity contribution in [2.24, 2.45) is 17.8 Å². The summed E-state index contributed by atoms with van der Waals surface area (Å²) in [5, 5.41) is 10.2. The highest BCUT2D eigenvalue weighted by atomic mass is 16.5. The van der Waals surface area contributed by atoms with Crippen LogP contribution in [-0.2, 0) is 19.1 Å². The summed E-state index contributed by atoms with van der Waals surface area (Å²) in [5.41, 5.74) is 7.27. The minimum Gasteiger partial charge on any atom is -0.507 e. The molecular weight excluding hydrogens is 494 g/mol. The number of aryl methyl sites for hydroxylation is 2. The van der Waals surface area contributed by atoms with Crippen molar-refractivity contribution < 1.29 is 29.0 Å². The van der Waals surface area contributed by atoms with E-state index in [0.29, 0.717) is 23.7 Å². The van der Waals surface area contributed by atoms with Crippen LogP contribution in [0, 0.1) is 31.6 Å². The van der Waals surface area contributed by atoms with Crippen molar-refractivity contribution >= 4 is 29.6 Å². The molecule has 0 bridgehead atoms. The molecule has 0 aromatic heterocycles. The molecule has 0 saturated carbocycles. The number of carbonyl (C=O) groups excluding carboxylic acids is 3. The SMILES string of the molecule is CCC1=C2[C@@H](CC/C(=C/c3cc(C)c(O)c(C)c3)c3ccccc3)OC[C@@H]2[C@@H]2C(=O)N(C(=O)OC)C(=O)[C@@H]2C1. The van der Waals surface area contributed by atoms with Crippen LogP contribution in [0.4, 0.5) is 4.79 Å². The minimum atomic E-state index is -0.910. The molecule has 3 aliphatic rings. The van der Waals surface area contributed by atoms with Crippen molar-refractivity contribution in [3.05, 3.63) is 75.9 Å². The van der Waals surface area contributed by atoms with Crippen molar-refractivity contribution in [1.82, 2.24) is 4.90 Å². The molecule has 0 unspecified atom stereocenters. The summed E-state index contributed by atoms with van der Waals surface area (Å²) in [5.74, 6) is -1.94. The van der Waals surface area contributed by atoms with Crippen LogP contribution in [0.15, 0.2) is 53.6 Å². The van der Waals surface area contributed by atoms with E-state index in [1.54, 1.807) is 0 Å². The first-order valence-corrected chi connectivity index (χ1v) is 13.6. The van der Waals surface area contributed by atoms with Crippen LogP contribution < -0.4 is 0 Å². The number of carbonyl (C=O) groups is 3. The van der Waals surface area contributed by atoms with Gasteiger partial charge in [-0.3, -0.25) is 9.59 Å². The van der Waals surface area contributed by atoms with Crippen molar-refractivity contribution in [2.75, 3.05) is 13.7 Å². The number of likely N-dealkylation sites (tertiary alicyclic amines) is 1. The Bertz CT molecular complexity index is 1350. The molecule has 3 amide bonds. The molecule has 204 valence electrons. The summed E-state index contributed by atoms with van der Waals surface area (Å²) in [6, 6.07) is 14.2. The van der Waals surface area contributed by atoms with Crippen LogP contribution in [0.5, 0.6) is 5.75 Å². The van der Waals surface area contributed by atoms with Gasteiger partial charge in [0.2, 0.25) is 11.8 Å². The van der Waals surface area contributed by atoms with Gasteiger partial charge in [-0.1, -0.05) is 48.9 Å². The quantitative estimate of drug-likeness (QED) is 0.288. The van der Waals surface area contributed by atoms with Crippen molar-refractivity contribution in [1.29, 1.82) is 0 Å². The van der Waals surface area contributed by atoms with E-state index in [2.05, 4.69) is 25.1 Å². The Morgan fingerprint density at radius 3 is 2.44 bits per heavy atom. The van der Waals surface area contributed by atoms with Crippen molar-refractivity contribution in [3.8, 4) is 5.75 Å². The van der Waals surface area contributed by atoms with E-state index in [1.807, 2.05) is 44.2 Å². The van der Waals surface area contributed by atoms with Gasteiger partial charge < -0.3 is 14.6 Å². The molecule has 2 heterocycles. The lowest BCUT2D eigenvalue weighted by molar-refractivity contribution is -0.137. The number of aromatic hydroxyl groups is 1. The Labute approximate surface area is 229 Å². The predicted octanol–water partition coefficient (Wildman–Crippen LogP) is 5.82. The number of nitrogens with zero attached hydrogens (tertiary/aromatic N) is 1. The number of methoxy groups -OCH3 is 1. The van der Waals surface area contributed by atoms with E-state index in [9.17, 15) is 19.5 Å². The molecule has 0 radical (unpaired) electrons. The topological polar surface area (TPSA) is 93.1 Å². The number of rotatable bonds is 6. The standard InChI is InChI=1S/C32H35NO6/c1-5-21-16-24-28(31(36)33(30(24)35)32(37)38-4)25-17-39-26(27(21)25)12-11-23(22-9-7-6-8-10-22)15-20-13-18(2)29(34)19(3)14-20/h6-10,13-15,24-26,28,34H,5,11-12,16-17H2,1-4H3/b23-15-/t24-,25+,26-,28-/m1/s1. The number of imide groups is 3. The third kappa shape index (κ3) is 4.80. The first-order valence-electron chi connectivity index (χ1n) is 13.6. The molecule has 2 aromatic carbocycles. The highest BCUT2D eigenvalue weighted by molar-refractivity contribution is 6.16. The number of hydrogen-bond donors (Lipinski definition) is 1. The summed E-state index contributed by atoms with van der Waals surface area (Å²) in [7, 11) is 1.18. The number of allylic oxidation sites excluding steroid dienone is 2. The molecule has 2 fully saturated rings. The van der Waals surface area contributed by atoms with E-state index >= 15 is 0 Å². The average molecular weight is 530 g/mol. The predicted molar refractivity (Wildman–Crippen MR) is 148 cm³/mol.